The molecule has 0 aliphatic carbocycles. The van der Waals surface area contributed by atoms with Crippen molar-refractivity contribution in [3.8, 4) is 17.4 Å². The average Bonchev–Trinajstić information content (AvgIpc) is 3.00. The highest BCUT2D eigenvalue weighted by Crippen LogP contribution is 2.31. The lowest BCUT2D eigenvalue weighted by Crippen LogP contribution is -2.22. The van der Waals surface area contributed by atoms with Gasteiger partial charge in [-0.15, -0.1) is 0 Å². The molecule has 122 valence electrons. The minimum atomic E-state index is -1.08. The van der Waals surface area contributed by atoms with Crippen molar-refractivity contribution in [3.05, 3.63) is 52.3 Å². The SMILES string of the molecule is CN(C)C(=O)/C(C#N)=C\c1ccc(-c2cc(C(=O)O)ccc2Cl)o1. The summed E-state index contributed by atoms with van der Waals surface area (Å²) in [6.45, 7) is 0. The van der Waals surface area contributed by atoms with Crippen LogP contribution < -0.4 is 0 Å². The molecule has 24 heavy (non-hydrogen) atoms. The Bertz CT molecular complexity index is 875. The van der Waals surface area contributed by atoms with E-state index in [9.17, 15) is 9.59 Å². The molecule has 0 saturated carbocycles. The summed E-state index contributed by atoms with van der Waals surface area (Å²) < 4.78 is 5.57. The third-order valence-electron chi connectivity index (χ3n) is 3.15. The molecule has 2 rings (SSSR count). The third kappa shape index (κ3) is 3.65. The number of carbonyl (C=O) groups is 2. The van der Waals surface area contributed by atoms with Crippen molar-refractivity contribution in [2.75, 3.05) is 14.1 Å². The molecular formula is C17H13ClN2O4. The Balaban J connectivity index is 2.42. The molecule has 0 aliphatic heterocycles. The first kappa shape index (κ1) is 17.3. The quantitative estimate of drug-likeness (QED) is 0.678. The molecule has 7 heteroatoms. The van der Waals surface area contributed by atoms with E-state index in [0.29, 0.717) is 16.3 Å². The number of rotatable bonds is 4. The van der Waals surface area contributed by atoms with Crippen LogP contribution in [0, 0.1) is 11.3 Å². The van der Waals surface area contributed by atoms with E-state index in [2.05, 4.69) is 0 Å². The number of aromatic carboxylic acids is 1. The van der Waals surface area contributed by atoms with Gasteiger partial charge in [-0.1, -0.05) is 11.6 Å². The van der Waals surface area contributed by atoms with E-state index in [1.165, 1.54) is 43.3 Å². The Morgan fingerprint density at radius 3 is 2.58 bits per heavy atom. The van der Waals surface area contributed by atoms with Gasteiger partial charge in [-0.05, 0) is 30.3 Å². The van der Waals surface area contributed by atoms with Crippen LogP contribution in [0.25, 0.3) is 17.4 Å². The Morgan fingerprint density at radius 2 is 2.00 bits per heavy atom. The highest BCUT2D eigenvalue weighted by atomic mass is 35.5. The van der Waals surface area contributed by atoms with Gasteiger partial charge in [0.25, 0.3) is 5.91 Å². The van der Waals surface area contributed by atoms with E-state index in [1.807, 2.05) is 6.07 Å². The zero-order valence-electron chi connectivity index (χ0n) is 12.9. The molecule has 2 aromatic rings. The maximum atomic E-state index is 11.8. The fourth-order valence-corrected chi connectivity index (χ4v) is 2.16. The van der Waals surface area contributed by atoms with Crippen LogP contribution in [0.15, 0.2) is 40.3 Å². The molecule has 0 fully saturated rings. The number of carbonyl (C=O) groups excluding carboxylic acids is 1. The van der Waals surface area contributed by atoms with E-state index >= 15 is 0 Å². The molecule has 1 heterocycles. The van der Waals surface area contributed by atoms with Crippen LogP contribution in [0.2, 0.25) is 5.02 Å². The van der Waals surface area contributed by atoms with Gasteiger partial charge in [-0.2, -0.15) is 5.26 Å². The van der Waals surface area contributed by atoms with E-state index in [-0.39, 0.29) is 16.9 Å². The number of carboxylic acids is 1. The zero-order valence-corrected chi connectivity index (χ0v) is 13.7. The fourth-order valence-electron chi connectivity index (χ4n) is 1.95. The summed E-state index contributed by atoms with van der Waals surface area (Å²) >= 11 is 6.09. The number of nitriles is 1. The lowest BCUT2D eigenvalue weighted by Gasteiger charge is -2.07. The summed E-state index contributed by atoms with van der Waals surface area (Å²) in [6.07, 6.45) is 1.32. The zero-order chi connectivity index (χ0) is 17.9. The van der Waals surface area contributed by atoms with Gasteiger partial charge in [0.15, 0.2) is 0 Å². The highest BCUT2D eigenvalue weighted by molar-refractivity contribution is 6.33. The molecule has 1 N–H and O–H groups in total. The second kappa shape index (κ2) is 7.02. The largest absolute Gasteiger partial charge is 0.478 e. The molecular weight excluding hydrogens is 332 g/mol. The molecule has 1 aromatic carbocycles. The standard InChI is InChI=1S/C17H13ClN2O4/c1-20(2)16(21)11(9-19)7-12-4-6-15(24-12)13-8-10(17(22)23)3-5-14(13)18/h3-8H,1-2H3,(H,22,23)/b11-7-. The Morgan fingerprint density at radius 1 is 1.29 bits per heavy atom. The van der Waals surface area contributed by atoms with Crippen LogP contribution in [-0.4, -0.2) is 36.0 Å². The topological polar surface area (TPSA) is 94.5 Å². The van der Waals surface area contributed by atoms with E-state index < -0.39 is 11.9 Å². The number of nitrogens with zero attached hydrogens (tertiary/aromatic N) is 2. The molecule has 0 saturated heterocycles. The number of furan rings is 1. The van der Waals surface area contributed by atoms with Gasteiger partial charge in [-0.25, -0.2) is 4.79 Å². The summed E-state index contributed by atoms with van der Waals surface area (Å²) in [6, 6.07) is 9.24. The minimum Gasteiger partial charge on any atom is -0.478 e. The molecule has 0 unspecified atom stereocenters. The molecule has 0 spiro atoms. The van der Waals surface area contributed by atoms with E-state index in [0.717, 1.165) is 0 Å². The molecule has 0 bridgehead atoms. The van der Waals surface area contributed by atoms with Crippen LogP contribution in [0.3, 0.4) is 0 Å². The van der Waals surface area contributed by atoms with Crippen LogP contribution in [0.5, 0.6) is 0 Å². The molecule has 1 aromatic heterocycles. The van der Waals surface area contributed by atoms with Crippen molar-refractivity contribution in [2.45, 2.75) is 0 Å². The summed E-state index contributed by atoms with van der Waals surface area (Å²) in [5.41, 5.74) is 0.406. The van der Waals surface area contributed by atoms with Gasteiger partial charge in [0, 0.05) is 25.7 Å². The minimum absolute atomic E-state index is 0.0726. The van der Waals surface area contributed by atoms with Gasteiger partial charge in [0.2, 0.25) is 0 Å². The number of carboxylic acid groups (broad SMARTS) is 1. The molecule has 1 amide bonds. The Kier molecular flexibility index (Phi) is 5.07. The summed E-state index contributed by atoms with van der Waals surface area (Å²) in [5.74, 6) is -0.901. The second-order valence-corrected chi connectivity index (χ2v) is 5.48. The van der Waals surface area contributed by atoms with Crippen LogP contribution >= 0.6 is 11.6 Å². The van der Waals surface area contributed by atoms with E-state index in [1.54, 1.807) is 12.1 Å². The van der Waals surface area contributed by atoms with Crippen LogP contribution in [0.4, 0.5) is 0 Å². The van der Waals surface area contributed by atoms with Gasteiger partial charge in [0.05, 0.1) is 10.6 Å². The van der Waals surface area contributed by atoms with Gasteiger partial charge >= 0.3 is 5.97 Å². The summed E-state index contributed by atoms with van der Waals surface area (Å²) in [7, 11) is 3.08. The number of halogens is 1. The number of hydrogen-bond acceptors (Lipinski definition) is 4. The maximum Gasteiger partial charge on any atom is 0.335 e. The van der Waals surface area contributed by atoms with Crippen LogP contribution in [-0.2, 0) is 4.79 Å². The predicted molar refractivity (Wildman–Crippen MR) is 88.4 cm³/mol. The fraction of sp³-hybridized carbons (Fsp3) is 0.118. The first-order valence-electron chi connectivity index (χ1n) is 6.80. The lowest BCUT2D eigenvalue weighted by molar-refractivity contribution is -0.124. The van der Waals surface area contributed by atoms with E-state index in [4.69, 9.17) is 26.4 Å². The monoisotopic (exact) mass is 344 g/mol. The summed E-state index contributed by atoms with van der Waals surface area (Å²) in [4.78, 5) is 24.2. The highest BCUT2D eigenvalue weighted by Gasteiger charge is 2.15. The number of benzene rings is 1. The first-order chi connectivity index (χ1) is 11.3. The molecule has 0 radical (unpaired) electrons. The average molecular weight is 345 g/mol. The van der Waals surface area contributed by atoms with Crippen molar-refractivity contribution in [1.29, 1.82) is 5.26 Å². The van der Waals surface area contributed by atoms with Gasteiger partial charge in [-0.3, -0.25) is 4.79 Å². The second-order valence-electron chi connectivity index (χ2n) is 5.07. The van der Waals surface area contributed by atoms with Crippen molar-refractivity contribution < 1.29 is 19.1 Å². The van der Waals surface area contributed by atoms with Gasteiger partial charge in [0.1, 0.15) is 23.2 Å². The number of amides is 1. The predicted octanol–water partition coefficient (Wildman–Crippen LogP) is 3.29. The van der Waals surface area contributed by atoms with Crippen LogP contribution in [0.1, 0.15) is 16.1 Å². The number of likely N-dealkylation sites (N-methyl/N-ethyl adjacent to an activating group) is 1. The summed E-state index contributed by atoms with van der Waals surface area (Å²) in [5, 5.41) is 18.5. The maximum absolute atomic E-state index is 11.8. The van der Waals surface area contributed by atoms with Crippen molar-refractivity contribution >= 4 is 29.6 Å². The Labute approximate surface area is 143 Å². The lowest BCUT2D eigenvalue weighted by atomic mass is 10.1. The Hall–Kier alpha value is -3.04. The smallest absolute Gasteiger partial charge is 0.335 e. The molecule has 6 nitrogen and oxygen atoms in total. The van der Waals surface area contributed by atoms with Crippen molar-refractivity contribution in [1.82, 2.24) is 4.90 Å². The van der Waals surface area contributed by atoms with Crippen molar-refractivity contribution in [2.24, 2.45) is 0 Å². The van der Waals surface area contributed by atoms with Gasteiger partial charge < -0.3 is 14.4 Å². The third-order valence-corrected chi connectivity index (χ3v) is 3.48. The molecule has 0 aliphatic rings. The van der Waals surface area contributed by atoms with Crippen molar-refractivity contribution in [3.63, 3.8) is 0 Å². The normalized spacial score (nSPS) is 11.0. The molecule has 0 atom stereocenters. The first-order valence-corrected chi connectivity index (χ1v) is 7.17. The number of hydrogen-bond donors (Lipinski definition) is 1.